The van der Waals surface area contributed by atoms with Crippen LogP contribution in [0.1, 0.15) is 33.5 Å². The molecule has 1 fully saturated rings. The Kier molecular flexibility index (Phi) is 4.18. The van der Waals surface area contributed by atoms with Gasteiger partial charge in [-0.25, -0.2) is 8.42 Å². The quantitative estimate of drug-likeness (QED) is 0.850. The zero-order valence-corrected chi connectivity index (χ0v) is 13.1. The van der Waals surface area contributed by atoms with Gasteiger partial charge in [-0.05, 0) is 55.5 Å². The van der Waals surface area contributed by atoms with Crippen LogP contribution >= 0.6 is 0 Å². The first-order valence-corrected chi connectivity index (χ1v) is 8.91. The number of amides is 1. The Bertz CT molecular complexity index is 608. The van der Waals surface area contributed by atoms with Gasteiger partial charge in [-0.1, -0.05) is 0 Å². The van der Waals surface area contributed by atoms with Crippen molar-refractivity contribution in [2.45, 2.75) is 26.7 Å². The average molecular weight is 295 g/mol. The van der Waals surface area contributed by atoms with Crippen LogP contribution in [0, 0.1) is 13.8 Å². The van der Waals surface area contributed by atoms with E-state index in [1.54, 1.807) is 0 Å². The Morgan fingerprint density at radius 3 is 2.15 bits per heavy atom. The maximum atomic E-state index is 12.2. The van der Waals surface area contributed by atoms with Crippen molar-refractivity contribution in [3.63, 3.8) is 0 Å². The van der Waals surface area contributed by atoms with Crippen LogP contribution in [0.5, 0.6) is 0 Å². The van der Waals surface area contributed by atoms with Crippen LogP contribution in [0.4, 0.5) is 0 Å². The average Bonchev–Trinajstić information content (AvgIpc) is 2.23. The Balaban J connectivity index is 2.22. The molecule has 0 radical (unpaired) electrons. The first-order chi connectivity index (χ1) is 9.28. The summed E-state index contributed by atoms with van der Waals surface area (Å²) in [5.41, 5.74) is 3.74. The maximum Gasteiger partial charge on any atom is 0.253 e. The van der Waals surface area contributed by atoms with Crippen molar-refractivity contribution in [3.05, 3.63) is 34.4 Å². The van der Waals surface area contributed by atoms with Crippen molar-refractivity contribution in [2.75, 3.05) is 25.1 Å². The molecule has 0 aliphatic carbocycles. The molecule has 110 valence electrons. The van der Waals surface area contributed by atoms with Gasteiger partial charge in [0.25, 0.3) is 5.91 Å². The van der Waals surface area contributed by atoms with Crippen LogP contribution in [-0.2, 0) is 16.3 Å². The van der Waals surface area contributed by atoms with E-state index >= 15 is 0 Å². The Hall–Kier alpha value is -1.36. The van der Waals surface area contributed by atoms with Gasteiger partial charge < -0.3 is 4.90 Å². The van der Waals surface area contributed by atoms with Gasteiger partial charge in [0.05, 0.1) is 5.75 Å². The number of hydrogen-bond acceptors (Lipinski definition) is 3. The van der Waals surface area contributed by atoms with E-state index in [0.717, 1.165) is 36.2 Å². The predicted octanol–water partition coefficient (Wildman–Crippen LogP) is 1.74. The first kappa shape index (κ1) is 15.0. The molecular weight excluding hydrogens is 274 g/mol. The minimum absolute atomic E-state index is 0.0807. The molecule has 1 aliphatic rings. The van der Waals surface area contributed by atoms with E-state index in [9.17, 15) is 13.2 Å². The van der Waals surface area contributed by atoms with Crippen LogP contribution in [0.3, 0.4) is 0 Å². The summed E-state index contributed by atoms with van der Waals surface area (Å²) < 4.78 is 22.6. The van der Waals surface area contributed by atoms with Crippen LogP contribution in [0.2, 0.25) is 0 Å². The molecule has 5 heteroatoms. The summed E-state index contributed by atoms with van der Waals surface area (Å²) in [6.07, 6.45) is 2.84. The highest BCUT2D eigenvalue weighted by atomic mass is 32.2. The summed E-state index contributed by atoms with van der Waals surface area (Å²) in [4.78, 5) is 14.0. The first-order valence-electron chi connectivity index (χ1n) is 6.85. The van der Waals surface area contributed by atoms with Gasteiger partial charge in [0.15, 0.2) is 0 Å². The highest BCUT2D eigenvalue weighted by Gasteiger charge is 2.22. The highest BCUT2D eigenvalue weighted by Crippen LogP contribution is 2.20. The number of nitrogens with zero attached hydrogens (tertiary/aromatic N) is 1. The van der Waals surface area contributed by atoms with Gasteiger partial charge >= 0.3 is 0 Å². The Morgan fingerprint density at radius 2 is 1.75 bits per heavy atom. The molecule has 0 N–H and O–H groups in total. The van der Waals surface area contributed by atoms with Gasteiger partial charge in [-0.3, -0.25) is 4.79 Å². The highest BCUT2D eigenvalue weighted by molar-refractivity contribution is 7.90. The van der Waals surface area contributed by atoms with Crippen molar-refractivity contribution < 1.29 is 13.2 Å². The van der Waals surface area contributed by atoms with Gasteiger partial charge in [0, 0.05) is 24.9 Å². The van der Waals surface area contributed by atoms with Crippen LogP contribution in [0.25, 0.3) is 0 Å². The second-order valence-electron chi connectivity index (χ2n) is 5.61. The monoisotopic (exact) mass is 295 g/mol. The molecule has 1 aromatic carbocycles. The molecule has 1 saturated heterocycles. The maximum absolute atomic E-state index is 12.2. The lowest BCUT2D eigenvalue weighted by molar-refractivity contribution is 0.0651. The summed E-state index contributed by atoms with van der Waals surface area (Å²) in [5, 5.41) is 0. The van der Waals surface area contributed by atoms with Crippen molar-refractivity contribution in [3.8, 4) is 0 Å². The molecule has 0 spiro atoms. The molecule has 0 saturated carbocycles. The Morgan fingerprint density at radius 1 is 1.20 bits per heavy atom. The van der Waals surface area contributed by atoms with Gasteiger partial charge in [0.1, 0.15) is 9.84 Å². The molecule has 1 aromatic rings. The largest absolute Gasteiger partial charge is 0.339 e. The number of carbonyl (C=O) groups is 1. The van der Waals surface area contributed by atoms with Crippen molar-refractivity contribution in [2.24, 2.45) is 0 Å². The molecule has 2 rings (SSSR count). The molecule has 4 nitrogen and oxygen atoms in total. The van der Waals surface area contributed by atoms with E-state index in [1.807, 2.05) is 30.9 Å². The lowest BCUT2D eigenvalue weighted by Gasteiger charge is -2.31. The lowest BCUT2D eigenvalue weighted by Crippen LogP contribution is -2.42. The van der Waals surface area contributed by atoms with E-state index in [2.05, 4.69) is 0 Å². The number of sulfone groups is 1. The lowest BCUT2D eigenvalue weighted by atomic mass is 9.96. The molecule has 0 atom stereocenters. The Labute approximate surface area is 120 Å². The number of carbonyl (C=O) groups excluding carboxylic acids is 1. The summed E-state index contributed by atoms with van der Waals surface area (Å²) in [7, 11) is -2.97. The molecule has 20 heavy (non-hydrogen) atoms. The number of aryl methyl sites for hydroxylation is 2. The number of benzene rings is 1. The van der Waals surface area contributed by atoms with Gasteiger partial charge in [0.2, 0.25) is 0 Å². The fourth-order valence-electron chi connectivity index (χ4n) is 2.50. The van der Waals surface area contributed by atoms with E-state index in [1.165, 1.54) is 6.26 Å². The number of rotatable bonds is 4. The second-order valence-corrected chi connectivity index (χ2v) is 7.87. The standard InChI is InChI=1S/C15H21NO3S/c1-11-9-13(15(17)16-6-4-7-16)10-12(2)14(11)5-8-20(3,18)19/h9-10H,4-8H2,1-3H3. The minimum Gasteiger partial charge on any atom is -0.339 e. The topological polar surface area (TPSA) is 54.5 Å². The summed E-state index contributed by atoms with van der Waals surface area (Å²) >= 11 is 0. The van der Waals surface area contributed by atoms with Gasteiger partial charge in [-0.2, -0.15) is 0 Å². The van der Waals surface area contributed by atoms with E-state index in [-0.39, 0.29) is 11.7 Å². The fourth-order valence-corrected chi connectivity index (χ4v) is 3.08. The third kappa shape index (κ3) is 3.39. The predicted molar refractivity (Wildman–Crippen MR) is 79.9 cm³/mol. The third-order valence-electron chi connectivity index (χ3n) is 3.81. The fraction of sp³-hybridized carbons (Fsp3) is 0.533. The number of hydrogen-bond donors (Lipinski definition) is 0. The normalized spacial score (nSPS) is 15.1. The third-order valence-corrected chi connectivity index (χ3v) is 4.75. The zero-order chi connectivity index (χ0) is 14.9. The van der Waals surface area contributed by atoms with E-state index in [4.69, 9.17) is 0 Å². The van der Waals surface area contributed by atoms with Crippen molar-refractivity contribution in [1.82, 2.24) is 4.90 Å². The molecule has 1 aliphatic heterocycles. The van der Waals surface area contributed by atoms with Crippen molar-refractivity contribution in [1.29, 1.82) is 0 Å². The second kappa shape index (κ2) is 5.56. The van der Waals surface area contributed by atoms with Crippen LogP contribution < -0.4 is 0 Å². The molecular formula is C15H21NO3S. The van der Waals surface area contributed by atoms with Crippen LogP contribution in [-0.4, -0.2) is 44.3 Å². The SMILES string of the molecule is Cc1cc(C(=O)N2CCC2)cc(C)c1CCS(C)(=O)=O. The smallest absolute Gasteiger partial charge is 0.253 e. The molecule has 1 heterocycles. The minimum atomic E-state index is -2.97. The molecule has 1 amide bonds. The van der Waals surface area contributed by atoms with E-state index in [0.29, 0.717) is 12.0 Å². The molecule has 0 aromatic heterocycles. The van der Waals surface area contributed by atoms with Gasteiger partial charge in [-0.15, -0.1) is 0 Å². The van der Waals surface area contributed by atoms with Crippen molar-refractivity contribution >= 4 is 15.7 Å². The van der Waals surface area contributed by atoms with E-state index < -0.39 is 9.84 Å². The zero-order valence-electron chi connectivity index (χ0n) is 12.3. The summed E-state index contributed by atoms with van der Waals surface area (Å²) in [5.74, 6) is 0.228. The summed E-state index contributed by atoms with van der Waals surface area (Å²) in [6.45, 7) is 5.56. The van der Waals surface area contributed by atoms with Crippen LogP contribution in [0.15, 0.2) is 12.1 Å². The molecule has 0 bridgehead atoms. The summed E-state index contributed by atoms with van der Waals surface area (Å²) in [6, 6.07) is 3.76. The number of likely N-dealkylation sites (tertiary alicyclic amines) is 1. The molecule has 0 unspecified atom stereocenters.